The monoisotopic (exact) mass is 316 g/mol. The second-order valence-electron chi connectivity index (χ2n) is 7.78. The average molecular weight is 316 g/mol. The molecule has 2 aliphatic rings. The van der Waals surface area contributed by atoms with E-state index in [0.29, 0.717) is 12.1 Å². The van der Waals surface area contributed by atoms with Gasteiger partial charge in [-0.1, -0.05) is 30.3 Å². The predicted molar refractivity (Wildman–Crippen MR) is 91.2 cm³/mol. The summed E-state index contributed by atoms with van der Waals surface area (Å²) in [4.78, 5) is 17.0. The molecule has 126 valence electrons. The van der Waals surface area contributed by atoms with E-state index in [1.807, 2.05) is 31.7 Å². The zero-order valence-corrected chi connectivity index (χ0v) is 14.5. The number of ether oxygens (including phenoxy) is 1. The van der Waals surface area contributed by atoms with Gasteiger partial charge in [0.05, 0.1) is 0 Å². The molecule has 0 aromatic heterocycles. The van der Waals surface area contributed by atoms with E-state index < -0.39 is 5.60 Å². The highest BCUT2D eigenvalue weighted by atomic mass is 16.6. The molecule has 1 saturated heterocycles. The molecule has 0 spiro atoms. The molecule has 2 fully saturated rings. The summed E-state index contributed by atoms with van der Waals surface area (Å²) >= 11 is 0. The lowest BCUT2D eigenvalue weighted by atomic mass is 10.2. The van der Waals surface area contributed by atoms with Crippen LogP contribution < -0.4 is 0 Å². The van der Waals surface area contributed by atoms with Gasteiger partial charge in [-0.3, -0.25) is 4.90 Å². The van der Waals surface area contributed by atoms with E-state index in [1.165, 1.54) is 5.56 Å². The van der Waals surface area contributed by atoms with Gasteiger partial charge in [0, 0.05) is 31.7 Å². The minimum Gasteiger partial charge on any atom is -0.444 e. The number of likely N-dealkylation sites (tertiary alicyclic amines) is 1. The van der Waals surface area contributed by atoms with Crippen LogP contribution in [-0.4, -0.2) is 46.7 Å². The Kier molecular flexibility index (Phi) is 4.62. The minimum atomic E-state index is -0.424. The van der Waals surface area contributed by atoms with E-state index in [9.17, 15) is 4.79 Å². The maximum Gasteiger partial charge on any atom is 0.410 e. The molecule has 1 aromatic carbocycles. The first-order valence-electron chi connectivity index (χ1n) is 8.70. The molecule has 4 heteroatoms. The summed E-state index contributed by atoms with van der Waals surface area (Å²) in [5.74, 6) is 0. The van der Waals surface area contributed by atoms with E-state index in [1.54, 1.807) is 0 Å². The van der Waals surface area contributed by atoms with E-state index in [-0.39, 0.29) is 6.09 Å². The van der Waals surface area contributed by atoms with E-state index in [0.717, 1.165) is 38.9 Å². The number of carbonyl (C=O) groups excluding carboxylic acids is 1. The summed E-state index contributed by atoms with van der Waals surface area (Å²) in [7, 11) is 0. The van der Waals surface area contributed by atoms with Gasteiger partial charge in [0.1, 0.15) is 5.60 Å². The molecule has 4 nitrogen and oxygen atoms in total. The second kappa shape index (κ2) is 6.52. The van der Waals surface area contributed by atoms with Gasteiger partial charge in [-0.05, 0) is 45.6 Å². The van der Waals surface area contributed by atoms with Crippen molar-refractivity contribution < 1.29 is 9.53 Å². The zero-order chi connectivity index (χ0) is 16.4. The summed E-state index contributed by atoms with van der Waals surface area (Å²) in [5, 5.41) is 0. The van der Waals surface area contributed by atoms with Gasteiger partial charge < -0.3 is 9.64 Å². The molecule has 1 aliphatic carbocycles. The van der Waals surface area contributed by atoms with Gasteiger partial charge in [0.25, 0.3) is 0 Å². The Labute approximate surface area is 139 Å². The second-order valence-corrected chi connectivity index (χ2v) is 7.78. The highest BCUT2D eigenvalue weighted by Crippen LogP contribution is 2.33. The van der Waals surface area contributed by atoms with Gasteiger partial charge >= 0.3 is 6.09 Å². The van der Waals surface area contributed by atoms with Crippen molar-refractivity contribution in [2.24, 2.45) is 0 Å². The molecule has 23 heavy (non-hydrogen) atoms. The van der Waals surface area contributed by atoms with Crippen molar-refractivity contribution >= 4 is 6.09 Å². The van der Waals surface area contributed by atoms with E-state index in [2.05, 4.69) is 29.2 Å². The van der Waals surface area contributed by atoms with E-state index in [4.69, 9.17) is 4.74 Å². The summed E-state index contributed by atoms with van der Waals surface area (Å²) in [6.07, 6.45) is 3.15. The third-order valence-electron chi connectivity index (χ3n) is 4.43. The largest absolute Gasteiger partial charge is 0.444 e. The maximum absolute atomic E-state index is 12.6. The molecule has 0 N–H and O–H groups in total. The predicted octanol–water partition coefficient (Wildman–Crippen LogP) is 3.66. The van der Waals surface area contributed by atoms with Crippen LogP contribution in [0, 0.1) is 0 Å². The van der Waals surface area contributed by atoms with Crippen molar-refractivity contribution in [3.05, 3.63) is 35.9 Å². The van der Waals surface area contributed by atoms with Gasteiger partial charge in [-0.25, -0.2) is 4.79 Å². The molecule has 0 bridgehead atoms. The fraction of sp³-hybridized carbons (Fsp3) is 0.632. The first kappa shape index (κ1) is 16.3. The standard InChI is InChI=1S/C19H28N2O2/c1-19(2,3)23-18(22)21(16-9-10-16)17-11-12-20(14-17)13-15-7-5-4-6-8-15/h4-8,16-17H,9-14H2,1-3H3. The Hall–Kier alpha value is -1.55. The van der Waals surface area contributed by atoms with Gasteiger partial charge in [0.2, 0.25) is 0 Å². The molecule has 1 saturated carbocycles. The van der Waals surface area contributed by atoms with Crippen molar-refractivity contribution in [3.63, 3.8) is 0 Å². The number of rotatable bonds is 4. The van der Waals surface area contributed by atoms with Crippen molar-refractivity contribution in [1.29, 1.82) is 0 Å². The van der Waals surface area contributed by atoms with Crippen LogP contribution in [-0.2, 0) is 11.3 Å². The fourth-order valence-corrected chi connectivity index (χ4v) is 3.29. The quantitative estimate of drug-likeness (QED) is 0.850. The fourth-order valence-electron chi connectivity index (χ4n) is 3.29. The highest BCUT2D eigenvalue weighted by molar-refractivity contribution is 5.69. The number of carbonyl (C=O) groups is 1. The summed E-state index contributed by atoms with van der Waals surface area (Å²) in [6.45, 7) is 8.77. The molecule has 1 amide bonds. The molecule has 1 unspecified atom stereocenters. The lowest BCUT2D eigenvalue weighted by Crippen LogP contribution is -2.46. The number of nitrogens with zero attached hydrogens (tertiary/aromatic N) is 2. The third kappa shape index (κ3) is 4.47. The lowest BCUT2D eigenvalue weighted by molar-refractivity contribution is 0.0147. The van der Waals surface area contributed by atoms with Crippen LogP contribution in [0.5, 0.6) is 0 Å². The Morgan fingerprint density at radius 2 is 1.87 bits per heavy atom. The van der Waals surface area contributed by atoms with Crippen molar-refractivity contribution in [2.45, 2.75) is 64.3 Å². The lowest BCUT2D eigenvalue weighted by Gasteiger charge is -2.31. The Bertz CT molecular complexity index is 534. The van der Waals surface area contributed by atoms with Crippen LogP contribution in [0.1, 0.15) is 45.6 Å². The van der Waals surface area contributed by atoms with Gasteiger partial charge in [0.15, 0.2) is 0 Å². The third-order valence-corrected chi connectivity index (χ3v) is 4.43. The van der Waals surface area contributed by atoms with Crippen molar-refractivity contribution in [2.75, 3.05) is 13.1 Å². The number of amides is 1. The van der Waals surface area contributed by atoms with Gasteiger partial charge in [-0.2, -0.15) is 0 Å². The topological polar surface area (TPSA) is 32.8 Å². The Morgan fingerprint density at radius 3 is 2.48 bits per heavy atom. The first-order chi connectivity index (χ1) is 10.9. The highest BCUT2D eigenvalue weighted by Gasteiger charge is 2.41. The van der Waals surface area contributed by atoms with E-state index >= 15 is 0 Å². The molecule has 1 atom stereocenters. The van der Waals surface area contributed by atoms with Gasteiger partial charge in [-0.15, -0.1) is 0 Å². The van der Waals surface area contributed by atoms with Crippen molar-refractivity contribution in [3.8, 4) is 0 Å². The number of hydrogen-bond acceptors (Lipinski definition) is 3. The van der Waals surface area contributed by atoms with Crippen LogP contribution in [0.3, 0.4) is 0 Å². The van der Waals surface area contributed by atoms with Crippen LogP contribution >= 0.6 is 0 Å². The molecular weight excluding hydrogens is 288 g/mol. The molecular formula is C19H28N2O2. The first-order valence-corrected chi connectivity index (χ1v) is 8.70. The Morgan fingerprint density at radius 1 is 1.17 bits per heavy atom. The summed E-state index contributed by atoms with van der Waals surface area (Å²) in [5.41, 5.74) is 0.912. The summed E-state index contributed by atoms with van der Waals surface area (Å²) < 4.78 is 5.64. The molecule has 1 aromatic rings. The average Bonchev–Trinajstić information content (AvgIpc) is 3.18. The molecule has 1 aliphatic heterocycles. The van der Waals surface area contributed by atoms with Crippen LogP contribution in [0.2, 0.25) is 0 Å². The number of benzene rings is 1. The normalized spacial score (nSPS) is 22.1. The molecule has 0 radical (unpaired) electrons. The number of hydrogen-bond donors (Lipinski definition) is 0. The van der Waals surface area contributed by atoms with Crippen LogP contribution in [0.4, 0.5) is 4.79 Å². The molecule has 1 heterocycles. The Balaban J connectivity index is 1.60. The van der Waals surface area contributed by atoms with Crippen LogP contribution in [0.15, 0.2) is 30.3 Å². The smallest absolute Gasteiger partial charge is 0.410 e. The SMILES string of the molecule is CC(C)(C)OC(=O)N(C1CC1)C1CCN(Cc2ccccc2)C1. The van der Waals surface area contributed by atoms with Crippen LogP contribution in [0.25, 0.3) is 0 Å². The molecule has 3 rings (SSSR count). The minimum absolute atomic E-state index is 0.133. The van der Waals surface area contributed by atoms with Crippen molar-refractivity contribution in [1.82, 2.24) is 9.80 Å². The zero-order valence-electron chi connectivity index (χ0n) is 14.5. The maximum atomic E-state index is 12.6. The summed E-state index contributed by atoms with van der Waals surface area (Å²) in [6, 6.07) is 11.2.